The topological polar surface area (TPSA) is 214 Å². The normalized spacial score (nSPS) is 21.1. The van der Waals surface area contributed by atoms with Crippen LogP contribution in [0.4, 0.5) is 57.4 Å². The number of alkyl carbamates (subject to hydrolysis) is 1. The van der Waals surface area contributed by atoms with Crippen LogP contribution in [0, 0.1) is 23.3 Å². The van der Waals surface area contributed by atoms with Gasteiger partial charge in [0.1, 0.15) is 41.1 Å². The number of alkyl halides is 3. The Morgan fingerprint density at radius 1 is 0.610 bits per heavy atom. The van der Waals surface area contributed by atoms with E-state index in [1.165, 1.54) is 67.5 Å². The van der Waals surface area contributed by atoms with E-state index in [9.17, 15) is 37.5 Å². The summed E-state index contributed by atoms with van der Waals surface area (Å²) in [6, 6.07) is 6.90. The number of fused-ring (bicyclic) bond motifs is 2. The van der Waals surface area contributed by atoms with Crippen LogP contribution < -0.4 is 25.3 Å². The molecule has 8 atom stereocenters. The van der Waals surface area contributed by atoms with Gasteiger partial charge in [0.25, 0.3) is 0 Å². The van der Waals surface area contributed by atoms with E-state index in [0.717, 1.165) is 24.3 Å². The minimum Gasteiger partial charge on any atom is -0.465 e. The van der Waals surface area contributed by atoms with E-state index in [2.05, 4.69) is 20.6 Å². The Kier molecular flexibility index (Phi) is 16.2. The average Bonchev–Trinajstić information content (AvgIpc) is 4.48. The van der Waals surface area contributed by atoms with Gasteiger partial charge >= 0.3 is 18.4 Å². The number of nitrogens with one attached hydrogen (secondary N) is 4. The number of methoxy groups -OCH3 is 3. The van der Waals surface area contributed by atoms with Crippen LogP contribution in [-0.2, 0) is 30.0 Å². The van der Waals surface area contributed by atoms with Crippen LogP contribution in [0.5, 0.6) is 0 Å². The molecule has 4 unspecified atom stereocenters. The number of H-pyrrole nitrogens is 2. The predicted molar refractivity (Wildman–Crippen MR) is 286 cm³/mol. The molecule has 4 saturated heterocycles. The summed E-state index contributed by atoms with van der Waals surface area (Å²) in [5.41, 5.74) is 0.667. The van der Waals surface area contributed by atoms with Gasteiger partial charge in [0.15, 0.2) is 11.6 Å². The van der Waals surface area contributed by atoms with Crippen LogP contribution in [0.1, 0.15) is 105 Å². The molecule has 4 aliphatic heterocycles. The standard InChI is InChI=1S/C56H62F7N11O8/c1-28(80-3)47(68-54(77)78)52(75)72-16-6-8-45(72)50-64-39-24-33(35(57)26-41(39)66-50)43-14-15-44(74(43)32-22-37(59)49(38(60)23-32)71-20-18-70(19-21-71)31-12-10-30(11-13-31)56(61,62)63)34-25-40-42(27-36(34)58)67-51(65-40)46-9-7-17-73(46)53(76)48(29(2)81-4)69-55(79)82-5/h10-13,22-29,43-48,68H,6-9,14-21H2,1-5H3,(H,64,66)(H,65,67)(H,69,79)(H,77,78)/t28?,29?,43-,44-,45+,46+,47?,48?/m1/s1. The number of anilines is 3. The molecule has 0 saturated carbocycles. The van der Waals surface area contributed by atoms with Gasteiger partial charge < -0.3 is 64.4 Å². The summed E-state index contributed by atoms with van der Waals surface area (Å²) >= 11 is 0. The van der Waals surface area contributed by atoms with Crippen LogP contribution in [-0.4, -0.2) is 144 Å². The fourth-order valence-electron chi connectivity index (χ4n) is 12.1. The zero-order chi connectivity index (χ0) is 58.5. The van der Waals surface area contributed by atoms with Crippen molar-refractivity contribution in [3.8, 4) is 0 Å². The Balaban J connectivity index is 0.988. The lowest BCUT2D eigenvalue weighted by Crippen LogP contribution is -2.54. The first-order valence-electron chi connectivity index (χ1n) is 27.0. The average molecular weight is 1150 g/mol. The number of aromatic amines is 2. The fraction of sp³-hybridized carbons (Fsp3) is 0.464. The molecule has 10 rings (SSSR count). The highest BCUT2D eigenvalue weighted by molar-refractivity contribution is 5.88. The molecule has 438 valence electrons. The summed E-state index contributed by atoms with van der Waals surface area (Å²) in [5.74, 6) is -3.66. The highest BCUT2D eigenvalue weighted by Gasteiger charge is 2.43. The molecule has 4 aliphatic rings. The van der Waals surface area contributed by atoms with E-state index in [1.807, 2.05) is 4.90 Å². The van der Waals surface area contributed by atoms with Crippen molar-refractivity contribution in [2.45, 2.75) is 107 Å². The van der Waals surface area contributed by atoms with Gasteiger partial charge in [-0.15, -0.1) is 0 Å². The van der Waals surface area contributed by atoms with Crippen LogP contribution in [0.2, 0.25) is 0 Å². The minimum atomic E-state index is -4.52. The number of carbonyl (C=O) groups excluding carboxylic acids is 3. The summed E-state index contributed by atoms with van der Waals surface area (Å²) in [7, 11) is 3.93. The van der Waals surface area contributed by atoms with Crippen LogP contribution in [0.15, 0.2) is 60.7 Å². The number of nitrogens with zero attached hydrogens (tertiary/aromatic N) is 7. The molecule has 6 aromatic rings. The van der Waals surface area contributed by atoms with Gasteiger partial charge in [0, 0.05) is 76.0 Å². The van der Waals surface area contributed by atoms with Gasteiger partial charge in [-0.05, 0) is 113 Å². The second-order valence-electron chi connectivity index (χ2n) is 21.1. The van der Waals surface area contributed by atoms with Crippen LogP contribution >= 0.6 is 0 Å². The number of halogens is 7. The molecule has 19 nitrogen and oxygen atoms in total. The van der Waals surface area contributed by atoms with E-state index < -0.39 is 107 Å². The summed E-state index contributed by atoms with van der Waals surface area (Å²) in [4.78, 5) is 75.9. The molecule has 0 bridgehead atoms. The molecule has 4 aromatic carbocycles. The minimum absolute atomic E-state index is 0.0329. The number of carboxylic acid groups (broad SMARTS) is 1. The number of ether oxygens (including phenoxy) is 3. The number of imidazole rings is 2. The summed E-state index contributed by atoms with van der Waals surface area (Å²) in [6.45, 7) is 4.48. The van der Waals surface area contributed by atoms with E-state index in [4.69, 9.17) is 24.2 Å². The van der Waals surface area contributed by atoms with Crippen molar-refractivity contribution >= 4 is 63.1 Å². The van der Waals surface area contributed by atoms with Gasteiger partial charge in [-0.2, -0.15) is 13.2 Å². The van der Waals surface area contributed by atoms with Gasteiger partial charge in [0.05, 0.1) is 71.1 Å². The molecule has 5 N–H and O–H groups in total. The summed E-state index contributed by atoms with van der Waals surface area (Å²) in [6.07, 6.45) is -5.91. The number of aromatic nitrogens is 4. The van der Waals surface area contributed by atoms with Gasteiger partial charge in [-0.3, -0.25) is 9.59 Å². The summed E-state index contributed by atoms with van der Waals surface area (Å²) < 4.78 is 123. The second-order valence-corrected chi connectivity index (χ2v) is 21.1. The number of piperazine rings is 1. The van der Waals surface area contributed by atoms with Crippen LogP contribution in [0.3, 0.4) is 0 Å². The maximum atomic E-state index is 17.0. The Morgan fingerprint density at radius 3 is 1.51 bits per heavy atom. The van der Waals surface area contributed by atoms with Crippen molar-refractivity contribution in [1.82, 2.24) is 40.4 Å². The maximum Gasteiger partial charge on any atom is 0.416 e. The predicted octanol–water partition coefficient (Wildman–Crippen LogP) is 9.18. The molecule has 0 aliphatic carbocycles. The lowest BCUT2D eigenvalue weighted by Gasteiger charge is -2.38. The smallest absolute Gasteiger partial charge is 0.416 e. The third-order valence-electron chi connectivity index (χ3n) is 16.5. The van der Waals surface area contributed by atoms with E-state index >= 15 is 17.6 Å². The van der Waals surface area contributed by atoms with Crippen LogP contribution in [0.25, 0.3) is 22.1 Å². The molecule has 4 amide bonds. The molecule has 2 aromatic heterocycles. The highest BCUT2D eigenvalue weighted by atomic mass is 19.4. The molecule has 0 radical (unpaired) electrons. The molecular formula is C56H62F7N11O8. The number of likely N-dealkylation sites (tertiary alicyclic amines) is 2. The first-order valence-corrected chi connectivity index (χ1v) is 27.0. The van der Waals surface area contributed by atoms with E-state index in [1.54, 1.807) is 23.6 Å². The molecule has 0 spiro atoms. The lowest BCUT2D eigenvalue weighted by atomic mass is 10.0. The van der Waals surface area contributed by atoms with E-state index in [0.29, 0.717) is 66.1 Å². The largest absolute Gasteiger partial charge is 0.465 e. The highest BCUT2D eigenvalue weighted by Crippen LogP contribution is 2.50. The number of amides is 4. The van der Waals surface area contributed by atoms with Crippen molar-refractivity contribution in [3.05, 3.63) is 112 Å². The zero-order valence-corrected chi connectivity index (χ0v) is 45.5. The number of carbonyl (C=O) groups is 4. The second kappa shape index (κ2) is 23.2. The van der Waals surface area contributed by atoms with Gasteiger partial charge in [-0.25, -0.2) is 37.1 Å². The first kappa shape index (κ1) is 57.4. The maximum absolute atomic E-state index is 17.0. The first-order chi connectivity index (χ1) is 39.2. The number of hydrogen-bond donors (Lipinski definition) is 5. The van der Waals surface area contributed by atoms with Crippen molar-refractivity contribution < 1.29 is 69.2 Å². The number of rotatable bonds is 15. The Bertz CT molecular complexity index is 3350. The summed E-state index contributed by atoms with van der Waals surface area (Å²) in [5, 5.41) is 14.3. The van der Waals surface area contributed by atoms with E-state index in [-0.39, 0.29) is 73.6 Å². The van der Waals surface area contributed by atoms with Gasteiger partial charge in [0.2, 0.25) is 11.8 Å². The molecular weight excluding hydrogens is 1090 g/mol. The third-order valence-corrected chi connectivity index (χ3v) is 16.5. The Labute approximate surface area is 466 Å². The Morgan fingerprint density at radius 2 is 1.07 bits per heavy atom. The molecule has 82 heavy (non-hydrogen) atoms. The SMILES string of the molecule is COC(=O)NC(C(=O)N1CCC[C@H]1c1nc2cc([C@H]3CC[C@H](c4cc5nc([C@@H]6CCCN6C(=O)C(NC(=O)O)C(C)OC)[nH]c5cc4F)N3c3cc(F)c(N4CCN(c5ccc(C(F)(F)F)cc5)CC4)c(F)c3)c(F)cc2[nH]1)C(C)OC. The molecule has 26 heteroatoms. The number of hydrogen-bond acceptors (Lipinski definition) is 12. The quantitative estimate of drug-likeness (QED) is 0.0608. The molecule has 4 fully saturated rings. The van der Waals surface area contributed by atoms with Crippen molar-refractivity contribution in [3.63, 3.8) is 0 Å². The zero-order valence-electron chi connectivity index (χ0n) is 45.5. The number of benzene rings is 4. The van der Waals surface area contributed by atoms with Crippen molar-refractivity contribution in [2.75, 3.05) is 75.3 Å². The van der Waals surface area contributed by atoms with Crippen molar-refractivity contribution in [1.29, 1.82) is 0 Å². The Hall–Kier alpha value is -7.87. The third kappa shape index (κ3) is 11.1. The lowest BCUT2D eigenvalue weighted by molar-refractivity contribution is -0.138. The van der Waals surface area contributed by atoms with Crippen molar-refractivity contribution in [2.24, 2.45) is 0 Å². The molecule has 6 heterocycles. The monoisotopic (exact) mass is 1150 g/mol. The fourth-order valence-corrected chi connectivity index (χ4v) is 12.1. The van der Waals surface area contributed by atoms with Gasteiger partial charge in [-0.1, -0.05) is 0 Å².